The summed E-state index contributed by atoms with van der Waals surface area (Å²) >= 11 is 0. The van der Waals surface area contributed by atoms with Gasteiger partial charge in [-0.25, -0.2) is 0 Å². The molecule has 0 aromatic rings. The van der Waals surface area contributed by atoms with Crippen molar-refractivity contribution in [3.05, 3.63) is 0 Å². The highest BCUT2D eigenvalue weighted by Gasteiger charge is 2.36. The second-order valence-electron chi connectivity index (χ2n) is 4.82. The summed E-state index contributed by atoms with van der Waals surface area (Å²) in [5.74, 6) is 0.751. The minimum Gasteiger partial charge on any atom is -0.383 e. The Hall–Kier alpha value is 0.0969. The Bertz CT molecular complexity index is 195. The fourth-order valence-electron chi connectivity index (χ4n) is 2.54. The van der Waals surface area contributed by atoms with Crippen LogP contribution in [0.25, 0.3) is 0 Å². The topological polar surface area (TPSA) is 30.5 Å². The van der Waals surface area contributed by atoms with Crippen molar-refractivity contribution in [1.29, 1.82) is 0 Å². The third kappa shape index (κ3) is 4.16. The maximum absolute atomic E-state index is 5.83. The zero-order chi connectivity index (χ0) is 12.0. The summed E-state index contributed by atoms with van der Waals surface area (Å²) in [6, 6.07) is 0.587. The molecule has 0 saturated heterocycles. The lowest BCUT2D eigenvalue weighted by atomic mass is 9.87. The standard InChI is InChI=1S/C12H27NO2Si/c1-5-14-16(4,15-6-2)13-12-10-8-7-9-11(12)3/h11-13H,5-10H2,1-4H3. The van der Waals surface area contributed by atoms with E-state index in [-0.39, 0.29) is 0 Å². The summed E-state index contributed by atoms with van der Waals surface area (Å²) in [5, 5.41) is 0. The van der Waals surface area contributed by atoms with E-state index < -0.39 is 8.72 Å². The molecule has 1 fully saturated rings. The van der Waals surface area contributed by atoms with Crippen LogP contribution < -0.4 is 4.98 Å². The van der Waals surface area contributed by atoms with Crippen molar-refractivity contribution in [2.75, 3.05) is 13.2 Å². The summed E-state index contributed by atoms with van der Waals surface area (Å²) in [5.41, 5.74) is 0. The van der Waals surface area contributed by atoms with Gasteiger partial charge in [0.15, 0.2) is 0 Å². The van der Waals surface area contributed by atoms with Crippen LogP contribution >= 0.6 is 0 Å². The average Bonchev–Trinajstić information content (AvgIpc) is 2.22. The Kier molecular flexibility index (Phi) is 5.96. The van der Waals surface area contributed by atoms with Gasteiger partial charge >= 0.3 is 8.72 Å². The molecule has 0 heterocycles. The summed E-state index contributed by atoms with van der Waals surface area (Å²) < 4.78 is 11.7. The molecule has 2 atom stereocenters. The number of hydrogen-bond acceptors (Lipinski definition) is 3. The van der Waals surface area contributed by atoms with Crippen molar-refractivity contribution in [2.45, 2.75) is 59.0 Å². The largest absolute Gasteiger partial charge is 0.422 e. The van der Waals surface area contributed by atoms with Crippen molar-refractivity contribution >= 4 is 8.72 Å². The maximum Gasteiger partial charge on any atom is 0.422 e. The highest BCUT2D eigenvalue weighted by Crippen LogP contribution is 2.25. The molecule has 0 radical (unpaired) electrons. The van der Waals surface area contributed by atoms with Gasteiger partial charge in [-0.05, 0) is 39.2 Å². The van der Waals surface area contributed by atoms with Crippen LogP contribution in [0.5, 0.6) is 0 Å². The van der Waals surface area contributed by atoms with E-state index in [0.717, 1.165) is 19.1 Å². The molecular formula is C12H27NO2Si. The van der Waals surface area contributed by atoms with Gasteiger partial charge in [0, 0.05) is 19.3 Å². The fraction of sp³-hybridized carbons (Fsp3) is 1.00. The first-order chi connectivity index (χ1) is 7.61. The molecule has 0 aliphatic heterocycles. The van der Waals surface area contributed by atoms with E-state index in [4.69, 9.17) is 8.85 Å². The van der Waals surface area contributed by atoms with Crippen LogP contribution in [0.4, 0.5) is 0 Å². The minimum atomic E-state index is -2.13. The number of nitrogens with one attached hydrogen (secondary N) is 1. The lowest BCUT2D eigenvalue weighted by Crippen LogP contribution is -2.59. The van der Waals surface area contributed by atoms with Crippen LogP contribution in [0.3, 0.4) is 0 Å². The second-order valence-corrected chi connectivity index (χ2v) is 7.58. The van der Waals surface area contributed by atoms with Crippen LogP contribution in [-0.4, -0.2) is 28.0 Å². The highest BCUT2D eigenvalue weighted by atomic mass is 28.4. The van der Waals surface area contributed by atoms with Gasteiger partial charge in [0.25, 0.3) is 0 Å². The quantitative estimate of drug-likeness (QED) is 0.730. The van der Waals surface area contributed by atoms with E-state index in [1.807, 2.05) is 13.8 Å². The normalized spacial score (nSPS) is 27.0. The van der Waals surface area contributed by atoms with Gasteiger partial charge in [-0.2, -0.15) is 0 Å². The molecule has 1 aliphatic rings. The van der Waals surface area contributed by atoms with E-state index >= 15 is 0 Å². The van der Waals surface area contributed by atoms with Crippen molar-refractivity contribution in [3.8, 4) is 0 Å². The van der Waals surface area contributed by atoms with Gasteiger partial charge in [-0.15, -0.1) is 0 Å². The molecule has 0 spiro atoms. The zero-order valence-electron chi connectivity index (χ0n) is 11.2. The van der Waals surface area contributed by atoms with Gasteiger partial charge < -0.3 is 8.85 Å². The van der Waals surface area contributed by atoms with E-state index in [2.05, 4.69) is 18.5 Å². The Balaban J connectivity index is 2.51. The molecule has 1 N–H and O–H groups in total. The van der Waals surface area contributed by atoms with E-state index in [9.17, 15) is 0 Å². The van der Waals surface area contributed by atoms with Crippen LogP contribution in [0.15, 0.2) is 0 Å². The molecule has 0 aromatic carbocycles. The van der Waals surface area contributed by atoms with Crippen LogP contribution in [-0.2, 0) is 8.85 Å². The highest BCUT2D eigenvalue weighted by molar-refractivity contribution is 6.63. The molecule has 3 nitrogen and oxygen atoms in total. The SMILES string of the molecule is CCO[Si](C)(NC1CCCCC1C)OCC. The summed E-state index contributed by atoms with van der Waals surface area (Å²) in [6.45, 7) is 10.0. The van der Waals surface area contributed by atoms with Crippen molar-refractivity contribution < 1.29 is 8.85 Å². The van der Waals surface area contributed by atoms with Crippen LogP contribution in [0.1, 0.15) is 46.5 Å². The van der Waals surface area contributed by atoms with Gasteiger partial charge in [-0.3, -0.25) is 4.98 Å². The molecule has 16 heavy (non-hydrogen) atoms. The third-order valence-corrected chi connectivity index (χ3v) is 5.97. The van der Waals surface area contributed by atoms with Gasteiger partial charge in [0.05, 0.1) is 0 Å². The first-order valence-corrected chi connectivity index (χ1v) is 8.98. The lowest BCUT2D eigenvalue weighted by molar-refractivity contribution is 0.161. The maximum atomic E-state index is 5.83. The van der Waals surface area contributed by atoms with Gasteiger partial charge in [0.1, 0.15) is 0 Å². The summed E-state index contributed by atoms with van der Waals surface area (Å²) in [6.07, 6.45) is 5.32. The Morgan fingerprint density at radius 3 is 2.19 bits per heavy atom. The lowest BCUT2D eigenvalue weighted by Gasteiger charge is -2.36. The summed E-state index contributed by atoms with van der Waals surface area (Å²) in [7, 11) is -2.13. The van der Waals surface area contributed by atoms with Crippen molar-refractivity contribution in [1.82, 2.24) is 4.98 Å². The van der Waals surface area contributed by atoms with E-state index in [1.54, 1.807) is 0 Å². The first kappa shape index (κ1) is 14.2. The molecule has 1 rings (SSSR count). The molecule has 1 aliphatic carbocycles. The van der Waals surface area contributed by atoms with Crippen LogP contribution in [0, 0.1) is 5.92 Å². The first-order valence-electron chi connectivity index (χ1n) is 6.67. The number of rotatable bonds is 6. The molecular weight excluding hydrogens is 218 g/mol. The predicted molar refractivity (Wildman–Crippen MR) is 69.4 cm³/mol. The van der Waals surface area contributed by atoms with Gasteiger partial charge in [0.2, 0.25) is 0 Å². The smallest absolute Gasteiger partial charge is 0.383 e. The molecule has 0 bridgehead atoms. The summed E-state index contributed by atoms with van der Waals surface area (Å²) in [4.78, 5) is 3.68. The molecule has 0 aromatic heterocycles. The Morgan fingerprint density at radius 2 is 1.69 bits per heavy atom. The molecule has 2 unspecified atom stereocenters. The molecule has 4 heteroatoms. The zero-order valence-corrected chi connectivity index (χ0v) is 12.2. The third-order valence-electron chi connectivity index (χ3n) is 3.40. The average molecular weight is 245 g/mol. The Labute approximate surface area is 101 Å². The van der Waals surface area contributed by atoms with Crippen molar-refractivity contribution in [2.24, 2.45) is 5.92 Å². The Morgan fingerprint density at radius 1 is 1.12 bits per heavy atom. The monoisotopic (exact) mass is 245 g/mol. The number of hydrogen-bond donors (Lipinski definition) is 1. The minimum absolute atomic E-state index is 0.587. The van der Waals surface area contributed by atoms with Crippen molar-refractivity contribution in [3.63, 3.8) is 0 Å². The second kappa shape index (κ2) is 6.74. The predicted octanol–water partition coefficient (Wildman–Crippen LogP) is 2.80. The van der Waals surface area contributed by atoms with E-state index in [0.29, 0.717) is 6.04 Å². The molecule has 1 saturated carbocycles. The fourth-order valence-corrected chi connectivity index (χ4v) is 5.00. The van der Waals surface area contributed by atoms with Crippen LogP contribution in [0.2, 0.25) is 6.55 Å². The molecule has 96 valence electrons. The van der Waals surface area contributed by atoms with Gasteiger partial charge in [-0.1, -0.05) is 19.8 Å². The van der Waals surface area contributed by atoms with E-state index in [1.165, 1.54) is 25.7 Å². The molecule has 0 amide bonds.